The third-order valence-electron chi connectivity index (χ3n) is 4.70. The quantitative estimate of drug-likeness (QED) is 0.707. The number of halogens is 1. The Kier molecular flexibility index (Phi) is 3.66. The summed E-state index contributed by atoms with van der Waals surface area (Å²) in [7, 11) is 1.69. The SMILES string of the molecule is COc1ccc(-n2c3c(c4cc(Br)ccc42)CCCC3N)cc1. The van der Waals surface area contributed by atoms with Gasteiger partial charge in [-0.2, -0.15) is 0 Å². The fourth-order valence-corrected chi connectivity index (χ4v) is 4.01. The Bertz CT molecular complexity index is 867. The highest BCUT2D eigenvalue weighted by Gasteiger charge is 2.26. The van der Waals surface area contributed by atoms with E-state index >= 15 is 0 Å². The van der Waals surface area contributed by atoms with Gasteiger partial charge in [-0.15, -0.1) is 0 Å². The van der Waals surface area contributed by atoms with Crippen molar-refractivity contribution < 1.29 is 4.74 Å². The van der Waals surface area contributed by atoms with Crippen LogP contribution in [-0.4, -0.2) is 11.7 Å². The molecule has 0 fully saturated rings. The normalized spacial score (nSPS) is 17.3. The summed E-state index contributed by atoms with van der Waals surface area (Å²) in [6.07, 6.45) is 3.29. The molecule has 0 saturated heterocycles. The van der Waals surface area contributed by atoms with E-state index in [0.29, 0.717) is 0 Å². The Hall–Kier alpha value is -1.78. The summed E-state index contributed by atoms with van der Waals surface area (Å²) in [5, 5.41) is 1.31. The van der Waals surface area contributed by atoms with E-state index in [1.807, 2.05) is 12.1 Å². The molecule has 0 radical (unpaired) electrons. The Morgan fingerprint density at radius 2 is 1.96 bits per heavy atom. The third-order valence-corrected chi connectivity index (χ3v) is 5.19. The van der Waals surface area contributed by atoms with Gasteiger partial charge >= 0.3 is 0 Å². The highest BCUT2D eigenvalue weighted by atomic mass is 79.9. The molecule has 0 aliphatic heterocycles. The van der Waals surface area contributed by atoms with Crippen LogP contribution in [0, 0.1) is 0 Å². The predicted molar refractivity (Wildman–Crippen MR) is 97.4 cm³/mol. The highest BCUT2D eigenvalue weighted by molar-refractivity contribution is 9.10. The average Bonchev–Trinajstić information content (AvgIpc) is 2.90. The molecule has 2 N–H and O–H groups in total. The second kappa shape index (κ2) is 5.69. The Labute approximate surface area is 144 Å². The number of hydrogen-bond acceptors (Lipinski definition) is 2. The average molecular weight is 371 g/mol. The first kappa shape index (κ1) is 14.8. The molecule has 4 heteroatoms. The Morgan fingerprint density at radius 1 is 1.17 bits per heavy atom. The zero-order valence-corrected chi connectivity index (χ0v) is 14.6. The van der Waals surface area contributed by atoms with E-state index in [4.69, 9.17) is 10.5 Å². The van der Waals surface area contributed by atoms with Gasteiger partial charge in [-0.3, -0.25) is 0 Å². The summed E-state index contributed by atoms with van der Waals surface area (Å²) in [5.41, 5.74) is 11.5. The maximum absolute atomic E-state index is 6.49. The van der Waals surface area contributed by atoms with Crippen molar-refractivity contribution in [2.45, 2.75) is 25.3 Å². The molecule has 0 amide bonds. The van der Waals surface area contributed by atoms with Crippen LogP contribution in [0.5, 0.6) is 5.75 Å². The van der Waals surface area contributed by atoms with E-state index in [1.165, 1.54) is 22.2 Å². The monoisotopic (exact) mass is 370 g/mol. The van der Waals surface area contributed by atoms with Crippen molar-refractivity contribution in [1.29, 1.82) is 0 Å². The Balaban J connectivity index is 2.02. The zero-order valence-electron chi connectivity index (χ0n) is 13.1. The number of aromatic nitrogens is 1. The van der Waals surface area contributed by atoms with Gasteiger partial charge in [0.05, 0.1) is 12.6 Å². The lowest BCUT2D eigenvalue weighted by atomic mass is 9.92. The largest absolute Gasteiger partial charge is 0.497 e. The topological polar surface area (TPSA) is 40.2 Å². The van der Waals surface area contributed by atoms with Crippen molar-refractivity contribution in [3.8, 4) is 11.4 Å². The standard InChI is InChI=1S/C19H19BrN2O/c1-23-14-8-6-13(7-9-14)22-18-10-5-12(20)11-16(18)15-3-2-4-17(21)19(15)22/h5-11,17H,2-4,21H2,1H3. The van der Waals surface area contributed by atoms with Crippen molar-refractivity contribution in [1.82, 2.24) is 4.57 Å². The summed E-state index contributed by atoms with van der Waals surface area (Å²) in [5.74, 6) is 0.867. The molecule has 1 aromatic heterocycles. The summed E-state index contributed by atoms with van der Waals surface area (Å²) >= 11 is 3.60. The first-order chi connectivity index (χ1) is 11.2. The number of rotatable bonds is 2. The van der Waals surface area contributed by atoms with E-state index in [9.17, 15) is 0 Å². The maximum Gasteiger partial charge on any atom is 0.119 e. The van der Waals surface area contributed by atoms with Crippen LogP contribution in [0.1, 0.15) is 30.1 Å². The number of hydrogen-bond donors (Lipinski definition) is 1. The molecule has 23 heavy (non-hydrogen) atoms. The van der Waals surface area contributed by atoms with Crippen LogP contribution in [-0.2, 0) is 6.42 Å². The van der Waals surface area contributed by atoms with E-state index < -0.39 is 0 Å². The number of nitrogens with zero attached hydrogens (tertiary/aromatic N) is 1. The minimum atomic E-state index is 0.0898. The van der Waals surface area contributed by atoms with Crippen molar-refractivity contribution >= 4 is 26.8 Å². The second-order valence-electron chi connectivity index (χ2n) is 6.06. The molecule has 118 valence electrons. The minimum absolute atomic E-state index is 0.0898. The molecule has 2 aromatic carbocycles. The lowest BCUT2D eigenvalue weighted by Gasteiger charge is -2.22. The van der Waals surface area contributed by atoms with Crippen molar-refractivity contribution in [2.75, 3.05) is 7.11 Å². The predicted octanol–water partition coefficient (Wildman–Crippen LogP) is 4.74. The van der Waals surface area contributed by atoms with Gasteiger partial charge in [-0.25, -0.2) is 0 Å². The molecular formula is C19H19BrN2O. The molecule has 0 saturated carbocycles. The lowest BCUT2D eigenvalue weighted by molar-refractivity contribution is 0.414. The van der Waals surface area contributed by atoms with E-state index in [0.717, 1.165) is 35.2 Å². The van der Waals surface area contributed by atoms with E-state index in [-0.39, 0.29) is 6.04 Å². The van der Waals surface area contributed by atoms with Crippen molar-refractivity contribution in [2.24, 2.45) is 5.73 Å². The Morgan fingerprint density at radius 3 is 2.70 bits per heavy atom. The molecule has 1 atom stereocenters. The van der Waals surface area contributed by atoms with Crippen LogP contribution in [0.2, 0.25) is 0 Å². The molecule has 3 aromatic rings. The third kappa shape index (κ3) is 2.37. The van der Waals surface area contributed by atoms with Crippen LogP contribution < -0.4 is 10.5 Å². The molecule has 1 aliphatic carbocycles. The molecule has 4 rings (SSSR count). The van der Waals surface area contributed by atoms with Crippen LogP contribution in [0.25, 0.3) is 16.6 Å². The van der Waals surface area contributed by atoms with E-state index in [2.05, 4.69) is 50.8 Å². The molecular weight excluding hydrogens is 352 g/mol. The van der Waals surface area contributed by atoms with Crippen molar-refractivity contribution in [3.63, 3.8) is 0 Å². The molecule has 0 spiro atoms. The number of nitrogens with two attached hydrogens (primary N) is 1. The summed E-state index contributed by atoms with van der Waals surface area (Å²) in [6.45, 7) is 0. The molecule has 1 unspecified atom stereocenters. The first-order valence-corrected chi connectivity index (χ1v) is 8.71. The highest BCUT2D eigenvalue weighted by Crippen LogP contribution is 2.39. The van der Waals surface area contributed by atoms with Crippen LogP contribution >= 0.6 is 15.9 Å². The molecule has 3 nitrogen and oxygen atoms in total. The smallest absolute Gasteiger partial charge is 0.119 e. The summed E-state index contributed by atoms with van der Waals surface area (Å²) in [4.78, 5) is 0. The lowest BCUT2D eigenvalue weighted by Crippen LogP contribution is -2.20. The zero-order chi connectivity index (χ0) is 16.0. The number of fused-ring (bicyclic) bond motifs is 3. The van der Waals surface area contributed by atoms with Crippen LogP contribution in [0.3, 0.4) is 0 Å². The van der Waals surface area contributed by atoms with Gasteiger partial charge in [0.2, 0.25) is 0 Å². The van der Waals surface area contributed by atoms with Crippen molar-refractivity contribution in [3.05, 3.63) is 58.2 Å². The number of ether oxygens (including phenoxy) is 1. The summed E-state index contributed by atoms with van der Waals surface area (Å²) < 4.78 is 8.71. The van der Waals surface area contributed by atoms with E-state index in [1.54, 1.807) is 7.11 Å². The fraction of sp³-hybridized carbons (Fsp3) is 0.263. The van der Waals surface area contributed by atoms with Gasteiger partial charge in [0.15, 0.2) is 0 Å². The van der Waals surface area contributed by atoms with Gasteiger partial charge in [-0.05, 0) is 67.3 Å². The maximum atomic E-state index is 6.49. The van der Waals surface area contributed by atoms with Gasteiger partial charge in [0.1, 0.15) is 5.75 Å². The van der Waals surface area contributed by atoms with Gasteiger partial charge < -0.3 is 15.0 Å². The van der Waals surface area contributed by atoms with Gasteiger partial charge in [0.25, 0.3) is 0 Å². The summed E-state index contributed by atoms with van der Waals surface area (Å²) in [6, 6.07) is 14.8. The number of methoxy groups -OCH3 is 1. The number of aryl methyl sites for hydroxylation is 1. The first-order valence-electron chi connectivity index (χ1n) is 7.92. The molecule has 1 heterocycles. The number of benzene rings is 2. The minimum Gasteiger partial charge on any atom is -0.497 e. The molecule has 0 bridgehead atoms. The molecule has 1 aliphatic rings. The van der Waals surface area contributed by atoms with Crippen LogP contribution in [0.4, 0.5) is 0 Å². The van der Waals surface area contributed by atoms with Gasteiger partial charge in [0, 0.05) is 27.3 Å². The second-order valence-corrected chi connectivity index (χ2v) is 6.97. The van der Waals surface area contributed by atoms with Crippen LogP contribution in [0.15, 0.2) is 46.9 Å². The van der Waals surface area contributed by atoms with Gasteiger partial charge in [-0.1, -0.05) is 15.9 Å². The fourth-order valence-electron chi connectivity index (χ4n) is 3.64.